The molecule has 0 saturated heterocycles. The van der Waals surface area contributed by atoms with Gasteiger partial charge in [0, 0.05) is 0 Å². The van der Waals surface area contributed by atoms with E-state index in [-0.39, 0.29) is 6.04 Å². The lowest BCUT2D eigenvalue weighted by Gasteiger charge is -2.16. The van der Waals surface area contributed by atoms with E-state index in [1.807, 2.05) is 0 Å². The predicted octanol–water partition coefficient (Wildman–Crippen LogP) is 0.888. The van der Waals surface area contributed by atoms with Crippen LogP contribution in [0.15, 0.2) is 0 Å². The highest BCUT2D eigenvalue weighted by Gasteiger charge is 2.26. The number of rotatable bonds is 2. The predicted molar refractivity (Wildman–Crippen MR) is 46.4 cm³/mol. The van der Waals surface area contributed by atoms with Gasteiger partial charge in [-0.2, -0.15) is 0 Å². The maximum Gasteiger partial charge on any atom is 0.0843 e. The maximum absolute atomic E-state index is 5.32. The van der Waals surface area contributed by atoms with E-state index in [9.17, 15) is 0 Å². The Hall–Kier alpha value is -0.520. The Kier molecular flexibility index (Phi) is 2.92. The Labute approximate surface area is 68.5 Å². The van der Waals surface area contributed by atoms with Crippen LogP contribution in [0.2, 0.25) is 0 Å². The summed E-state index contributed by atoms with van der Waals surface area (Å²) in [6, 6.07) is 0.0833. The standard InChI is InChI=1S/C9H16N2/c1-3-9(11-10)8-5-4-7(2)6-8/h1,7-9,11H,4-6,10H2,2H3. The average Bonchev–Trinajstić information content (AvgIpc) is 2.39. The van der Waals surface area contributed by atoms with Crippen LogP contribution >= 0.6 is 0 Å². The average molecular weight is 152 g/mol. The third-order valence-electron chi connectivity index (χ3n) is 2.57. The van der Waals surface area contributed by atoms with Crippen molar-refractivity contribution in [2.24, 2.45) is 17.7 Å². The highest BCUT2D eigenvalue weighted by atomic mass is 15.2. The van der Waals surface area contributed by atoms with Crippen molar-refractivity contribution in [3.8, 4) is 12.3 Å². The van der Waals surface area contributed by atoms with Gasteiger partial charge in [0.1, 0.15) is 0 Å². The summed E-state index contributed by atoms with van der Waals surface area (Å²) in [7, 11) is 0. The Bertz CT molecular complexity index is 159. The zero-order valence-corrected chi connectivity index (χ0v) is 7.01. The topological polar surface area (TPSA) is 38.0 Å². The minimum Gasteiger partial charge on any atom is -0.270 e. The van der Waals surface area contributed by atoms with E-state index >= 15 is 0 Å². The van der Waals surface area contributed by atoms with Crippen molar-refractivity contribution in [2.45, 2.75) is 32.2 Å². The van der Waals surface area contributed by atoms with Crippen LogP contribution in [-0.2, 0) is 0 Å². The number of nitrogens with two attached hydrogens (primary N) is 1. The first kappa shape index (κ1) is 8.58. The lowest BCUT2D eigenvalue weighted by molar-refractivity contribution is 0.418. The van der Waals surface area contributed by atoms with Crippen LogP contribution in [0.4, 0.5) is 0 Å². The summed E-state index contributed by atoms with van der Waals surface area (Å²) in [6.45, 7) is 2.27. The van der Waals surface area contributed by atoms with Gasteiger partial charge in [-0.05, 0) is 24.7 Å². The van der Waals surface area contributed by atoms with Gasteiger partial charge in [0.05, 0.1) is 6.04 Å². The molecule has 0 aromatic rings. The van der Waals surface area contributed by atoms with Gasteiger partial charge < -0.3 is 0 Å². The fraction of sp³-hybridized carbons (Fsp3) is 0.778. The fourth-order valence-electron chi connectivity index (χ4n) is 1.87. The smallest absolute Gasteiger partial charge is 0.0843 e. The van der Waals surface area contributed by atoms with Crippen LogP contribution in [0.3, 0.4) is 0 Å². The number of terminal acetylenes is 1. The van der Waals surface area contributed by atoms with Crippen LogP contribution in [0, 0.1) is 24.2 Å². The fourth-order valence-corrected chi connectivity index (χ4v) is 1.87. The summed E-state index contributed by atoms with van der Waals surface area (Å²) in [5.41, 5.74) is 2.68. The van der Waals surface area contributed by atoms with Crippen LogP contribution in [-0.4, -0.2) is 6.04 Å². The molecule has 0 aromatic heterocycles. The quantitative estimate of drug-likeness (QED) is 0.350. The maximum atomic E-state index is 5.32. The summed E-state index contributed by atoms with van der Waals surface area (Å²) in [5.74, 6) is 9.41. The Morgan fingerprint density at radius 2 is 2.36 bits per heavy atom. The van der Waals surface area contributed by atoms with Gasteiger partial charge in [0.2, 0.25) is 0 Å². The van der Waals surface area contributed by atoms with Crippen LogP contribution in [0.25, 0.3) is 0 Å². The van der Waals surface area contributed by atoms with E-state index < -0.39 is 0 Å². The van der Waals surface area contributed by atoms with Gasteiger partial charge in [0.15, 0.2) is 0 Å². The molecular weight excluding hydrogens is 136 g/mol. The first-order valence-electron chi connectivity index (χ1n) is 4.20. The molecule has 3 N–H and O–H groups in total. The van der Waals surface area contributed by atoms with Gasteiger partial charge in [0.25, 0.3) is 0 Å². The summed E-state index contributed by atoms with van der Waals surface area (Å²) in [6.07, 6.45) is 9.06. The molecule has 0 amide bonds. The minimum atomic E-state index is 0.0833. The first-order valence-corrected chi connectivity index (χ1v) is 4.20. The zero-order chi connectivity index (χ0) is 8.27. The molecule has 2 nitrogen and oxygen atoms in total. The minimum absolute atomic E-state index is 0.0833. The Balaban J connectivity index is 2.42. The molecule has 1 aliphatic rings. The summed E-state index contributed by atoms with van der Waals surface area (Å²) in [4.78, 5) is 0. The summed E-state index contributed by atoms with van der Waals surface area (Å²) in [5, 5.41) is 0. The molecule has 0 aliphatic heterocycles. The molecular formula is C9H16N2. The summed E-state index contributed by atoms with van der Waals surface area (Å²) < 4.78 is 0. The monoisotopic (exact) mass is 152 g/mol. The molecule has 1 rings (SSSR count). The highest BCUT2D eigenvalue weighted by molar-refractivity contribution is 5.02. The van der Waals surface area contributed by atoms with Gasteiger partial charge in [-0.15, -0.1) is 6.42 Å². The van der Waals surface area contributed by atoms with Crippen molar-refractivity contribution in [3.05, 3.63) is 0 Å². The number of hydrazine groups is 1. The lowest BCUT2D eigenvalue weighted by atomic mass is 9.98. The molecule has 0 aromatic carbocycles. The SMILES string of the molecule is C#CC(NN)C1CCC(C)C1. The molecule has 0 spiro atoms. The van der Waals surface area contributed by atoms with Crippen molar-refractivity contribution in [2.75, 3.05) is 0 Å². The number of hydrogen-bond donors (Lipinski definition) is 2. The van der Waals surface area contributed by atoms with Crippen LogP contribution in [0.5, 0.6) is 0 Å². The lowest BCUT2D eigenvalue weighted by Crippen LogP contribution is -2.38. The van der Waals surface area contributed by atoms with E-state index in [4.69, 9.17) is 12.3 Å². The number of hydrogen-bond acceptors (Lipinski definition) is 2. The molecule has 11 heavy (non-hydrogen) atoms. The van der Waals surface area contributed by atoms with Crippen LogP contribution in [0.1, 0.15) is 26.2 Å². The second kappa shape index (κ2) is 3.75. The van der Waals surface area contributed by atoms with Crippen molar-refractivity contribution in [3.63, 3.8) is 0 Å². The Morgan fingerprint density at radius 1 is 1.64 bits per heavy atom. The molecule has 1 saturated carbocycles. The van der Waals surface area contributed by atoms with E-state index in [1.54, 1.807) is 0 Å². The van der Waals surface area contributed by atoms with E-state index in [1.165, 1.54) is 19.3 Å². The largest absolute Gasteiger partial charge is 0.270 e. The second-order valence-electron chi connectivity index (χ2n) is 3.49. The zero-order valence-electron chi connectivity index (χ0n) is 7.01. The molecule has 0 bridgehead atoms. The molecule has 1 fully saturated rings. The van der Waals surface area contributed by atoms with Crippen molar-refractivity contribution in [1.29, 1.82) is 0 Å². The normalized spacial score (nSPS) is 33.2. The molecule has 3 unspecified atom stereocenters. The van der Waals surface area contributed by atoms with Crippen LogP contribution < -0.4 is 11.3 Å². The third-order valence-corrected chi connectivity index (χ3v) is 2.57. The molecule has 1 aliphatic carbocycles. The molecule has 3 atom stereocenters. The van der Waals surface area contributed by atoms with Gasteiger partial charge in [-0.25, -0.2) is 5.43 Å². The third kappa shape index (κ3) is 1.95. The van der Waals surface area contributed by atoms with E-state index in [0.29, 0.717) is 5.92 Å². The van der Waals surface area contributed by atoms with E-state index in [0.717, 1.165) is 5.92 Å². The summed E-state index contributed by atoms with van der Waals surface area (Å²) >= 11 is 0. The molecule has 62 valence electrons. The van der Waals surface area contributed by atoms with Gasteiger partial charge >= 0.3 is 0 Å². The van der Waals surface area contributed by atoms with Crippen molar-refractivity contribution < 1.29 is 0 Å². The van der Waals surface area contributed by atoms with Crippen molar-refractivity contribution in [1.82, 2.24) is 5.43 Å². The van der Waals surface area contributed by atoms with Gasteiger partial charge in [-0.1, -0.05) is 19.3 Å². The molecule has 0 radical (unpaired) electrons. The van der Waals surface area contributed by atoms with E-state index in [2.05, 4.69) is 18.3 Å². The Morgan fingerprint density at radius 3 is 2.73 bits per heavy atom. The molecule has 0 heterocycles. The van der Waals surface area contributed by atoms with Gasteiger partial charge in [-0.3, -0.25) is 5.84 Å². The molecule has 2 heteroatoms. The first-order chi connectivity index (χ1) is 5.27. The number of nitrogens with one attached hydrogen (secondary N) is 1. The van der Waals surface area contributed by atoms with Crippen molar-refractivity contribution >= 4 is 0 Å². The highest BCUT2D eigenvalue weighted by Crippen LogP contribution is 2.32. The second-order valence-corrected chi connectivity index (χ2v) is 3.49.